The molecule has 3 aliphatic heterocycles. The van der Waals surface area contributed by atoms with Crippen LogP contribution in [0, 0.1) is 11.3 Å². The van der Waals surface area contributed by atoms with Crippen molar-refractivity contribution in [3.63, 3.8) is 0 Å². The van der Waals surface area contributed by atoms with Crippen molar-refractivity contribution < 1.29 is 9.63 Å². The summed E-state index contributed by atoms with van der Waals surface area (Å²) in [5, 5.41) is 23.3. The lowest BCUT2D eigenvalue weighted by molar-refractivity contribution is -0.110. The first kappa shape index (κ1) is 20.2. The van der Waals surface area contributed by atoms with Crippen molar-refractivity contribution >= 4 is 28.6 Å². The van der Waals surface area contributed by atoms with Crippen LogP contribution >= 0.6 is 0 Å². The van der Waals surface area contributed by atoms with Crippen LogP contribution in [-0.2, 0) is 9.63 Å². The number of hydrogen-bond acceptors (Lipinski definition) is 7. The number of nitriles is 1. The van der Waals surface area contributed by atoms with E-state index in [1.165, 1.54) is 0 Å². The van der Waals surface area contributed by atoms with E-state index in [0.29, 0.717) is 40.4 Å². The predicted octanol–water partition coefficient (Wildman–Crippen LogP) is 2.36. The molecular formula is C24H24N6O2. The summed E-state index contributed by atoms with van der Waals surface area (Å²) >= 11 is 0. The maximum Gasteiger partial charge on any atom is 0.258 e. The summed E-state index contributed by atoms with van der Waals surface area (Å²) in [7, 11) is 0. The lowest BCUT2D eigenvalue weighted by Gasteiger charge is -2.26. The Labute approximate surface area is 186 Å². The average Bonchev–Trinajstić information content (AvgIpc) is 3.35. The van der Waals surface area contributed by atoms with Crippen LogP contribution < -0.4 is 16.0 Å². The Morgan fingerprint density at radius 1 is 1.06 bits per heavy atom. The number of fused-ring (bicyclic) bond motifs is 2. The minimum absolute atomic E-state index is 0.225. The van der Waals surface area contributed by atoms with Crippen LogP contribution in [-0.4, -0.2) is 55.8 Å². The highest BCUT2D eigenvalue weighted by atomic mass is 16.6. The molecule has 2 aromatic rings. The quantitative estimate of drug-likeness (QED) is 0.384. The average molecular weight is 428 g/mol. The van der Waals surface area contributed by atoms with E-state index in [-0.39, 0.29) is 5.91 Å². The Bertz CT molecular complexity index is 1160. The molecule has 3 N–H and O–H groups in total. The van der Waals surface area contributed by atoms with E-state index in [1.54, 1.807) is 18.2 Å². The fourth-order valence-corrected chi connectivity index (χ4v) is 4.29. The van der Waals surface area contributed by atoms with Gasteiger partial charge in [0.05, 0.1) is 22.9 Å². The Morgan fingerprint density at radius 3 is 2.72 bits per heavy atom. The van der Waals surface area contributed by atoms with Crippen LogP contribution in [0.4, 0.5) is 11.4 Å². The molecule has 0 bridgehead atoms. The van der Waals surface area contributed by atoms with E-state index in [0.717, 1.165) is 50.4 Å². The van der Waals surface area contributed by atoms with Crippen LogP contribution in [0.5, 0.6) is 0 Å². The van der Waals surface area contributed by atoms with Gasteiger partial charge in [-0.05, 0) is 30.7 Å². The van der Waals surface area contributed by atoms with Gasteiger partial charge in [-0.15, -0.1) is 0 Å². The molecule has 1 fully saturated rings. The van der Waals surface area contributed by atoms with Gasteiger partial charge in [-0.2, -0.15) is 5.26 Å². The SMILES string of the molecule is N#Cc1ccc2c(c1)/C(=C1/Nc3ccccc3/C1=N\OCCCN1CCNCC1)C(=O)N2. The number of nitrogens with zero attached hydrogens (tertiary/aromatic N) is 3. The summed E-state index contributed by atoms with van der Waals surface area (Å²) in [5.41, 5.74) is 5.29. The maximum absolute atomic E-state index is 12.9. The van der Waals surface area contributed by atoms with Gasteiger partial charge in [0.15, 0.2) is 0 Å². The van der Waals surface area contributed by atoms with Gasteiger partial charge >= 0.3 is 0 Å². The molecule has 0 atom stereocenters. The summed E-state index contributed by atoms with van der Waals surface area (Å²) in [6, 6.07) is 15.1. The molecule has 8 heteroatoms. The number of para-hydroxylation sites is 1. The number of carbonyl (C=O) groups excluding carboxylic acids is 1. The molecule has 0 spiro atoms. The predicted molar refractivity (Wildman–Crippen MR) is 123 cm³/mol. The molecule has 0 radical (unpaired) electrons. The topological polar surface area (TPSA) is 102 Å². The van der Waals surface area contributed by atoms with Crippen molar-refractivity contribution in [1.82, 2.24) is 10.2 Å². The summed E-state index contributed by atoms with van der Waals surface area (Å²) in [6.07, 6.45) is 0.882. The number of benzene rings is 2. The van der Waals surface area contributed by atoms with E-state index >= 15 is 0 Å². The Kier molecular flexibility index (Phi) is 5.58. The number of nitrogens with one attached hydrogen (secondary N) is 3. The molecule has 1 amide bonds. The highest BCUT2D eigenvalue weighted by molar-refractivity contribution is 6.39. The molecule has 0 aromatic heterocycles. The smallest absolute Gasteiger partial charge is 0.258 e. The molecule has 162 valence electrons. The van der Waals surface area contributed by atoms with E-state index in [1.807, 2.05) is 24.3 Å². The number of anilines is 2. The van der Waals surface area contributed by atoms with E-state index in [4.69, 9.17) is 4.84 Å². The third-order valence-electron chi connectivity index (χ3n) is 5.90. The summed E-state index contributed by atoms with van der Waals surface area (Å²) in [5.74, 6) is -0.225. The molecule has 5 rings (SSSR count). The second kappa shape index (κ2) is 8.83. The summed E-state index contributed by atoms with van der Waals surface area (Å²) < 4.78 is 0. The molecule has 3 aliphatic rings. The first-order valence-electron chi connectivity index (χ1n) is 10.8. The van der Waals surface area contributed by atoms with Crippen LogP contribution in [0.1, 0.15) is 23.1 Å². The molecule has 3 heterocycles. The van der Waals surface area contributed by atoms with Crippen LogP contribution in [0.3, 0.4) is 0 Å². The van der Waals surface area contributed by atoms with Gasteiger partial charge in [-0.1, -0.05) is 23.4 Å². The second-order valence-corrected chi connectivity index (χ2v) is 7.97. The fourth-order valence-electron chi connectivity index (χ4n) is 4.29. The monoisotopic (exact) mass is 428 g/mol. The number of hydrogen-bond donors (Lipinski definition) is 3. The standard InChI is InChI=1S/C24H24N6O2/c25-15-16-6-7-20-18(14-16)21(24(31)28-20)23-22(17-4-1-2-5-19(17)27-23)29-32-13-3-10-30-11-8-26-9-12-30/h1-2,4-7,14,26-27H,3,8-13H2,(H,28,31)/b23-21-,29-22+. The molecule has 1 saturated heterocycles. The summed E-state index contributed by atoms with van der Waals surface area (Å²) in [6.45, 7) is 5.64. The number of piperazine rings is 1. The lowest BCUT2D eigenvalue weighted by Crippen LogP contribution is -2.43. The van der Waals surface area contributed by atoms with Crippen LogP contribution in [0.25, 0.3) is 5.57 Å². The first-order valence-corrected chi connectivity index (χ1v) is 10.8. The molecule has 32 heavy (non-hydrogen) atoms. The minimum Gasteiger partial charge on any atom is -0.395 e. The molecule has 8 nitrogen and oxygen atoms in total. The van der Waals surface area contributed by atoms with Crippen LogP contribution in [0.15, 0.2) is 53.3 Å². The van der Waals surface area contributed by atoms with E-state index in [2.05, 4.69) is 32.1 Å². The largest absolute Gasteiger partial charge is 0.395 e. The van der Waals surface area contributed by atoms with Gasteiger partial charge in [-0.3, -0.25) is 4.79 Å². The minimum atomic E-state index is -0.225. The van der Waals surface area contributed by atoms with Crippen molar-refractivity contribution in [2.75, 3.05) is 50.0 Å². The Balaban J connectivity index is 1.42. The van der Waals surface area contributed by atoms with Gasteiger partial charge < -0.3 is 25.7 Å². The van der Waals surface area contributed by atoms with Crippen molar-refractivity contribution in [2.24, 2.45) is 5.16 Å². The highest BCUT2D eigenvalue weighted by Gasteiger charge is 2.34. The van der Waals surface area contributed by atoms with Crippen molar-refractivity contribution in [3.8, 4) is 6.07 Å². The number of amides is 1. The number of oxime groups is 1. The van der Waals surface area contributed by atoms with Crippen molar-refractivity contribution in [3.05, 3.63) is 64.9 Å². The Morgan fingerprint density at radius 2 is 1.88 bits per heavy atom. The number of allylic oxidation sites excluding steroid dienone is 1. The van der Waals surface area contributed by atoms with E-state index in [9.17, 15) is 10.1 Å². The number of carbonyl (C=O) groups is 1. The second-order valence-electron chi connectivity index (χ2n) is 7.97. The zero-order valence-corrected chi connectivity index (χ0v) is 17.6. The van der Waals surface area contributed by atoms with Crippen molar-refractivity contribution in [1.29, 1.82) is 5.26 Å². The van der Waals surface area contributed by atoms with Gasteiger partial charge in [0.1, 0.15) is 12.3 Å². The van der Waals surface area contributed by atoms with Crippen molar-refractivity contribution in [2.45, 2.75) is 6.42 Å². The van der Waals surface area contributed by atoms with Crippen LogP contribution in [0.2, 0.25) is 0 Å². The molecule has 2 aromatic carbocycles. The zero-order chi connectivity index (χ0) is 21.9. The summed E-state index contributed by atoms with van der Waals surface area (Å²) in [4.78, 5) is 21.0. The van der Waals surface area contributed by atoms with Gasteiger partial charge in [0, 0.05) is 55.2 Å². The molecule has 0 saturated carbocycles. The Hall–Kier alpha value is -3.67. The molecular weight excluding hydrogens is 404 g/mol. The third-order valence-corrected chi connectivity index (χ3v) is 5.90. The number of rotatable bonds is 5. The van der Waals surface area contributed by atoms with Gasteiger partial charge in [0.25, 0.3) is 5.91 Å². The fraction of sp³-hybridized carbons (Fsp3) is 0.292. The lowest BCUT2D eigenvalue weighted by atomic mass is 10.00. The maximum atomic E-state index is 12.9. The van der Waals surface area contributed by atoms with Gasteiger partial charge in [-0.25, -0.2) is 0 Å². The molecule has 0 unspecified atom stereocenters. The highest BCUT2D eigenvalue weighted by Crippen LogP contribution is 2.39. The first-order chi connectivity index (χ1) is 15.7. The van der Waals surface area contributed by atoms with E-state index < -0.39 is 0 Å². The third kappa shape index (κ3) is 3.84. The zero-order valence-electron chi connectivity index (χ0n) is 17.6. The normalized spacial score (nSPS) is 21.0. The molecule has 0 aliphatic carbocycles. The van der Waals surface area contributed by atoms with Gasteiger partial charge in [0.2, 0.25) is 0 Å².